The van der Waals surface area contributed by atoms with E-state index in [1.54, 1.807) is 4.90 Å². The van der Waals surface area contributed by atoms with Crippen LogP contribution in [-0.4, -0.2) is 51.3 Å². The smallest absolute Gasteiger partial charge is 0.270 e. The van der Waals surface area contributed by atoms with Crippen molar-refractivity contribution < 1.29 is 14.4 Å². The molecule has 2 aromatic rings. The lowest BCUT2D eigenvalue weighted by molar-refractivity contribution is -0.125. The summed E-state index contributed by atoms with van der Waals surface area (Å²) in [6, 6.07) is 12.0. The van der Waals surface area contributed by atoms with Crippen molar-refractivity contribution in [1.82, 2.24) is 20.2 Å². The van der Waals surface area contributed by atoms with Crippen molar-refractivity contribution >= 4 is 23.4 Å². The number of likely N-dealkylation sites (tertiary alicyclic amines) is 1. The number of fused-ring (bicyclic) bond motifs is 1. The zero-order chi connectivity index (χ0) is 22.9. The number of benzene rings is 1. The Kier molecular flexibility index (Phi) is 5.66. The summed E-state index contributed by atoms with van der Waals surface area (Å²) in [6.07, 6.45) is 2.14. The summed E-state index contributed by atoms with van der Waals surface area (Å²) in [7, 11) is 0. The fraction of sp³-hybridized carbons (Fsp3) is 0.400. The van der Waals surface area contributed by atoms with Gasteiger partial charge in [0.25, 0.3) is 11.8 Å². The summed E-state index contributed by atoms with van der Waals surface area (Å²) in [5.41, 5.74) is 7.58. The molecule has 1 N–H and O–H groups in total. The number of amides is 3. The van der Waals surface area contributed by atoms with Crippen LogP contribution in [0.1, 0.15) is 64.5 Å². The van der Waals surface area contributed by atoms with Crippen molar-refractivity contribution in [2.45, 2.75) is 51.6 Å². The molecular weight excluding hydrogens is 418 g/mol. The molecule has 0 unspecified atom stereocenters. The average molecular weight is 446 g/mol. The number of hydrazone groups is 1. The van der Waals surface area contributed by atoms with Crippen LogP contribution in [0.25, 0.3) is 0 Å². The highest BCUT2D eigenvalue weighted by Gasteiger charge is 2.32. The zero-order valence-corrected chi connectivity index (χ0v) is 18.7. The van der Waals surface area contributed by atoms with E-state index < -0.39 is 0 Å². The van der Waals surface area contributed by atoms with E-state index in [1.807, 2.05) is 36.1 Å². The van der Waals surface area contributed by atoms with E-state index >= 15 is 0 Å². The predicted molar refractivity (Wildman–Crippen MR) is 122 cm³/mol. The number of carbonyl (C=O) groups excluding carboxylic acids is 3. The van der Waals surface area contributed by atoms with Crippen molar-refractivity contribution in [2.24, 2.45) is 5.10 Å². The van der Waals surface area contributed by atoms with E-state index in [4.69, 9.17) is 4.98 Å². The van der Waals surface area contributed by atoms with Crippen molar-refractivity contribution in [1.29, 1.82) is 0 Å². The minimum Gasteiger partial charge on any atom is -0.337 e. The van der Waals surface area contributed by atoms with Crippen molar-refractivity contribution in [2.75, 3.05) is 13.1 Å². The van der Waals surface area contributed by atoms with Gasteiger partial charge >= 0.3 is 0 Å². The van der Waals surface area contributed by atoms with Gasteiger partial charge < -0.3 is 9.80 Å². The maximum atomic E-state index is 13.5. The monoisotopic (exact) mass is 445 g/mol. The van der Waals surface area contributed by atoms with Crippen LogP contribution in [0.4, 0.5) is 0 Å². The number of hydrogen-bond donors (Lipinski definition) is 1. The first-order chi connectivity index (χ1) is 16.0. The normalized spacial score (nSPS) is 18.6. The third kappa shape index (κ3) is 4.25. The highest BCUT2D eigenvalue weighted by Crippen LogP contribution is 2.32. The molecule has 0 radical (unpaired) electrons. The Morgan fingerprint density at radius 1 is 0.939 bits per heavy atom. The molecule has 0 spiro atoms. The highest BCUT2D eigenvalue weighted by atomic mass is 16.2. The lowest BCUT2D eigenvalue weighted by Crippen LogP contribution is -2.44. The molecule has 3 aliphatic rings. The molecule has 1 fully saturated rings. The van der Waals surface area contributed by atoms with Gasteiger partial charge in [-0.05, 0) is 43.0 Å². The predicted octanol–water partition coefficient (Wildman–Crippen LogP) is 2.52. The summed E-state index contributed by atoms with van der Waals surface area (Å²) in [4.78, 5) is 46.0. The Morgan fingerprint density at radius 2 is 1.64 bits per heavy atom. The van der Waals surface area contributed by atoms with E-state index in [2.05, 4.69) is 22.7 Å². The Morgan fingerprint density at radius 3 is 2.27 bits per heavy atom. The summed E-state index contributed by atoms with van der Waals surface area (Å²) in [6.45, 7) is 4.34. The third-order valence-electron chi connectivity index (χ3n) is 6.74. The van der Waals surface area contributed by atoms with Crippen molar-refractivity contribution in [3.05, 3.63) is 64.5 Å². The lowest BCUT2D eigenvalue weighted by Gasteiger charge is -2.33. The Bertz CT molecular complexity index is 1130. The number of piperidine rings is 1. The molecule has 0 saturated carbocycles. The number of aryl methyl sites for hydroxylation is 1. The average Bonchev–Trinajstić information content (AvgIpc) is 3.28. The molecule has 0 atom stereocenters. The van der Waals surface area contributed by atoms with Crippen LogP contribution in [0, 0.1) is 6.92 Å². The minimum atomic E-state index is -0.158. The summed E-state index contributed by atoms with van der Waals surface area (Å²) < 4.78 is 0. The minimum absolute atomic E-state index is 0.0134. The number of nitrogens with one attached hydrogen (secondary N) is 1. The maximum Gasteiger partial charge on any atom is 0.270 e. The second-order valence-corrected chi connectivity index (χ2v) is 8.98. The van der Waals surface area contributed by atoms with Gasteiger partial charge in [0.2, 0.25) is 5.91 Å². The van der Waals surface area contributed by atoms with E-state index in [0.717, 1.165) is 24.2 Å². The van der Waals surface area contributed by atoms with Gasteiger partial charge in [-0.25, -0.2) is 5.43 Å². The molecule has 3 aliphatic heterocycles. The van der Waals surface area contributed by atoms with Crippen LogP contribution >= 0.6 is 0 Å². The number of nitrogens with zero attached hydrogens (tertiary/aromatic N) is 4. The van der Waals surface area contributed by atoms with E-state index in [1.165, 1.54) is 11.1 Å². The van der Waals surface area contributed by atoms with Crippen LogP contribution in [0.3, 0.4) is 0 Å². The Hall–Kier alpha value is -3.55. The number of hydrogen-bond acceptors (Lipinski definition) is 5. The molecule has 5 rings (SSSR count). The molecule has 1 aromatic heterocycles. The van der Waals surface area contributed by atoms with Crippen molar-refractivity contribution in [3.8, 4) is 0 Å². The second-order valence-electron chi connectivity index (χ2n) is 8.98. The molecule has 170 valence electrons. The summed E-state index contributed by atoms with van der Waals surface area (Å²) >= 11 is 0. The van der Waals surface area contributed by atoms with Gasteiger partial charge in [-0.2, -0.15) is 5.10 Å². The molecule has 3 amide bonds. The first-order valence-electron chi connectivity index (χ1n) is 11.5. The van der Waals surface area contributed by atoms with Gasteiger partial charge in [-0.1, -0.05) is 24.3 Å². The summed E-state index contributed by atoms with van der Waals surface area (Å²) in [5, 5.41) is 3.94. The lowest BCUT2D eigenvalue weighted by atomic mass is 9.89. The van der Waals surface area contributed by atoms with Crippen LogP contribution in [-0.2, 0) is 22.7 Å². The molecule has 33 heavy (non-hydrogen) atoms. The number of pyridine rings is 1. The van der Waals surface area contributed by atoms with E-state index in [0.29, 0.717) is 50.3 Å². The molecule has 0 aliphatic carbocycles. The van der Waals surface area contributed by atoms with Crippen LogP contribution in [0.15, 0.2) is 41.5 Å². The molecule has 4 heterocycles. The fourth-order valence-electron chi connectivity index (χ4n) is 4.88. The fourth-order valence-corrected chi connectivity index (χ4v) is 4.88. The second kappa shape index (κ2) is 8.77. The summed E-state index contributed by atoms with van der Waals surface area (Å²) in [5.74, 6) is -0.142. The highest BCUT2D eigenvalue weighted by molar-refractivity contribution is 6.39. The molecule has 0 bridgehead atoms. The quantitative estimate of drug-likeness (QED) is 0.785. The van der Waals surface area contributed by atoms with Gasteiger partial charge in [-0.15, -0.1) is 0 Å². The van der Waals surface area contributed by atoms with Crippen LogP contribution in [0.5, 0.6) is 0 Å². The van der Waals surface area contributed by atoms with Gasteiger partial charge in [-0.3, -0.25) is 19.4 Å². The first kappa shape index (κ1) is 21.3. The molecule has 8 heteroatoms. The van der Waals surface area contributed by atoms with Crippen LogP contribution in [0.2, 0.25) is 0 Å². The molecule has 1 saturated heterocycles. The zero-order valence-electron chi connectivity index (χ0n) is 18.7. The van der Waals surface area contributed by atoms with E-state index in [9.17, 15) is 14.4 Å². The molecular formula is C25H27N5O3. The number of aromatic nitrogens is 1. The van der Waals surface area contributed by atoms with E-state index in [-0.39, 0.29) is 23.6 Å². The van der Waals surface area contributed by atoms with Gasteiger partial charge in [0.15, 0.2) is 0 Å². The Balaban J connectivity index is 1.30. The maximum absolute atomic E-state index is 13.5. The van der Waals surface area contributed by atoms with Gasteiger partial charge in [0.1, 0.15) is 5.71 Å². The third-order valence-corrected chi connectivity index (χ3v) is 6.74. The molecule has 1 aromatic carbocycles. The van der Waals surface area contributed by atoms with Crippen LogP contribution < -0.4 is 5.43 Å². The topological polar surface area (TPSA) is 95.0 Å². The van der Waals surface area contributed by atoms with Gasteiger partial charge in [0.05, 0.1) is 11.3 Å². The van der Waals surface area contributed by atoms with Gasteiger partial charge in [0, 0.05) is 50.6 Å². The largest absolute Gasteiger partial charge is 0.337 e. The number of rotatable bonds is 3. The molecule has 8 nitrogen and oxygen atoms in total. The van der Waals surface area contributed by atoms with Crippen molar-refractivity contribution in [3.63, 3.8) is 0 Å². The SMILES string of the molecule is Cc1ccc(C(=O)N2Cc3ccccc3C2)c(C2CCN(C(=O)C3=NNC(=O)CC3)CC2)n1. The standard InChI is InChI=1S/C25H27N5O3/c1-16-6-7-20(24(32)30-14-18-4-2-3-5-19(18)15-30)23(26-16)17-10-12-29(13-11-17)25(33)21-8-9-22(31)28-27-21/h2-7,17H,8-15H2,1H3,(H,28,31). The Labute approximate surface area is 192 Å². The number of carbonyl (C=O) groups is 3. The first-order valence-corrected chi connectivity index (χ1v) is 11.5.